The Hall–Kier alpha value is -4.96. The van der Waals surface area contributed by atoms with Gasteiger partial charge in [-0.15, -0.1) is 11.3 Å². The summed E-state index contributed by atoms with van der Waals surface area (Å²) in [7, 11) is -5.36. The molecule has 3 fully saturated rings. The van der Waals surface area contributed by atoms with Crippen molar-refractivity contribution in [3.05, 3.63) is 100 Å². The number of nitrogens with zero attached hydrogens (tertiary/aromatic N) is 4. The fraction of sp³-hybridized carbons (Fsp3) is 0.435. The molecule has 7 rings (SSSR count). The van der Waals surface area contributed by atoms with Crippen LogP contribution in [0.15, 0.2) is 78.9 Å². The van der Waals surface area contributed by atoms with E-state index in [0.29, 0.717) is 54.7 Å². The fourth-order valence-corrected chi connectivity index (χ4v) is 12.2. The van der Waals surface area contributed by atoms with Crippen LogP contribution >= 0.6 is 30.3 Å². The quantitative estimate of drug-likeness (QED) is 0.0483. The van der Waals surface area contributed by atoms with Gasteiger partial charge in [0.25, 0.3) is 5.91 Å². The number of nitriles is 2. The molecule has 1 aromatic heterocycles. The van der Waals surface area contributed by atoms with Crippen LogP contribution in [0, 0.1) is 34.5 Å². The molecule has 3 amide bonds. The third-order valence-electron chi connectivity index (χ3n) is 11.8. The van der Waals surface area contributed by atoms with Crippen molar-refractivity contribution in [2.24, 2.45) is 11.8 Å². The minimum absolute atomic E-state index is 0.0670. The third-order valence-corrected chi connectivity index (χ3v) is 15.8. The number of aliphatic hydroxyl groups is 1. The number of benzene rings is 3. The van der Waals surface area contributed by atoms with E-state index >= 15 is 8.78 Å². The van der Waals surface area contributed by atoms with Crippen LogP contribution in [-0.2, 0) is 24.3 Å². The molecule has 0 saturated carbocycles. The van der Waals surface area contributed by atoms with Crippen molar-refractivity contribution in [1.29, 1.82) is 10.5 Å². The Morgan fingerprint density at radius 1 is 1.02 bits per heavy atom. The SMILES string of the molecule is CC(C)CC(O)=[SH]CCOP(=O)(Oc1cccc(C#N)c1)C(F)(F)c1ccc2sc(C(=O)N[C@H]3CCCC[C@H]4CC[C@@H](C(=O)N5C[C@H](c6ccccc6)[C@@H](C#N)C5)N4C3=O)cc2c1. The highest BCUT2D eigenvalue weighted by Gasteiger charge is 2.57. The number of nitrogens with one attached hydrogen (secondary N) is 1. The van der Waals surface area contributed by atoms with Crippen molar-refractivity contribution in [2.75, 3.05) is 25.4 Å². The van der Waals surface area contributed by atoms with Crippen LogP contribution in [0.25, 0.3) is 10.1 Å². The molecule has 3 aliphatic heterocycles. The Morgan fingerprint density at radius 2 is 1.79 bits per heavy atom. The van der Waals surface area contributed by atoms with Crippen molar-refractivity contribution in [1.82, 2.24) is 15.1 Å². The lowest BCUT2D eigenvalue weighted by Crippen LogP contribution is -2.56. The summed E-state index contributed by atoms with van der Waals surface area (Å²) in [6.45, 7) is 4.06. The lowest BCUT2D eigenvalue weighted by atomic mass is 9.90. The largest absolute Gasteiger partial charge is 0.453 e. The molecule has 3 saturated heterocycles. The highest BCUT2D eigenvalue weighted by Crippen LogP contribution is 2.66. The Morgan fingerprint density at radius 3 is 2.54 bits per heavy atom. The maximum absolute atomic E-state index is 16.6. The maximum atomic E-state index is 16.6. The predicted octanol–water partition coefficient (Wildman–Crippen LogP) is 9.11. The molecule has 4 heterocycles. The number of hydrogen-bond acceptors (Lipinski definition) is 9. The molecule has 1 unspecified atom stereocenters. The van der Waals surface area contributed by atoms with Gasteiger partial charge in [0.15, 0.2) is 0 Å². The van der Waals surface area contributed by atoms with Gasteiger partial charge in [0, 0.05) is 47.5 Å². The first kappa shape index (κ1) is 46.0. The van der Waals surface area contributed by atoms with E-state index in [4.69, 9.17) is 9.05 Å². The van der Waals surface area contributed by atoms with E-state index in [0.717, 1.165) is 41.9 Å². The highest BCUT2D eigenvalue weighted by atomic mass is 32.1. The number of alkyl halides is 2. The van der Waals surface area contributed by atoms with E-state index in [9.17, 15) is 34.6 Å². The van der Waals surface area contributed by atoms with Crippen LogP contribution in [-0.4, -0.2) is 81.3 Å². The first-order valence-electron chi connectivity index (χ1n) is 21.2. The van der Waals surface area contributed by atoms with Crippen LogP contribution in [0.5, 0.6) is 5.75 Å². The number of rotatable bonds is 14. The molecule has 17 heteroatoms. The van der Waals surface area contributed by atoms with E-state index in [1.807, 2.05) is 50.2 Å². The number of carbonyl (C=O) groups is 3. The molecule has 0 radical (unpaired) electrons. The van der Waals surface area contributed by atoms with Gasteiger partial charge in [-0.2, -0.15) is 30.7 Å². The number of thiol groups is 1. The van der Waals surface area contributed by atoms with Crippen LogP contribution in [0.3, 0.4) is 0 Å². The fourth-order valence-electron chi connectivity index (χ4n) is 8.69. The molecule has 0 aliphatic carbocycles. The van der Waals surface area contributed by atoms with Crippen LogP contribution < -0.4 is 9.84 Å². The summed E-state index contributed by atoms with van der Waals surface area (Å²) in [6, 6.07) is 22.5. The highest BCUT2D eigenvalue weighted by molar-refractivity contribution is 7.98. The number of carbonyl (C=O) groups excluding carboxylic acids is 3. The number of fused-ring (bicyclic) bond motifs is 2. The normalized spacial score (nSPS) is 22.9. The molecule has 12 nitrogen and oxygen atoms in total. The van der Waals surface area contributed by atoms with Gasteiger partial charge >= 0.3 is 13.3 Å². The van der Waals surface area contributed by atoms with Gasteiger partial charge in [-0.3, -0.25) is 18.9 Å². The summed E-state index contributed by atoms with van der Waals surface area (Å²) in [5.74, 6) is -1.64. The number of halogens is 2. The van der Waals surface area contributed by atoms with Gasteiger partial charge in [0.1, 0.15) is 17.8 Å². The van der Waals surface area contributed by atoms with Crippen LogP contribution in [0.2, 0.25) is 0 Å². The van der Waals surface area contributed by atoms with Gasteiger partial charge in [-0.1, -0.05) is 69.2 Å². The number of likely N-dealkylation sites (tertiary alicyclic amines) is 1. The van der Waals surface area contributed by atoms with E-state index in [1.165, 1.54) is 36.4 Å². The zero-order valence-corrected chi connectivity index (χ0v) is 37.6. The van der Waals surface area contributed by atoms with E-state index < -0.39 is 43.4 Å². The topological polar surface area (TPSA) is 173 Å². The van der Waals surface area contributed by atoms with Crippen molar-refractivity contribution in [2.45, 2.75) is 88.5 Å². The molecule has 2 N–H and O–H groups in total. The minimum Gasteiger partial charge on any atom is -0.420 e. The minimum atomic E-state index is -5.36. The molecule has 0 spiro atoms. The maximum Gasteiger partial charge on any atom is 0.453 e. The summed E-state index contributed by atoms with van der Waals surface area (Å²) < 4.78 is 58.7. The monoisotopic (exact) mass is 917 g/mol. The molecule has 63 heavy (non-hydrogen) atoms. The zero-order valence-electron chi connectivity index (χ0n) is 35.0. The zero-order chi connectivity index (χ0) is 44.9. The number of amides is 3. The van der Waals surface area contributed by atoms with Gasteiger partial charge in [0.05, 0.1) is 40.2 Å². The average Bonchev–Trinajstić information content (AvgIpc) is 4.02. The average molecular weight is 918 g/mol. The van der Waals surface area contributed by atoms with Crippen molar-refractivity contribution >= 4 is 63.1 Å². The molecular formula is C46H50F2N5O7PS2. The van der Waals surface area contributed by atoms with Gasteiger partial charge in [0.2, 0.25) is 11.8 Å². The standard InChI is InChI=1S/C46H50F2N5O7PS2/c1-29(2)21-42(54)62-20-19-59-61(58,60-36-13-8-9-30(22-36)25-49)46(47,48)34-15-18-40-32(23-34)24-41(63-40)43(55)51-38-14-7-6-12-35-16-17-39(53(35)44(38)56)45(57)52-27-33(26-50)37(28-52)31-10-4-3-5-11-31/h3-5,8-11,13,15,18,22-24,29,33,35,37-39,54,62H,6-7,12,14,16-17,19-21,27-28H2,1-2H3,(H,51,55)/t33-,35-,37+,38-,39-,61?/m0/s1. The smallest absolute Gasteiger partial charge is 0.420 e. The molecule has 6 atom stereocenters. The molecule has 4 aromatic rings. The Bertz CT molecular complexity index is 2510. The molecule has 332 valence electrons. The number of thiophene rings is 1. The van der Waals surface area contributed by atoms with Gasteiger partial charge < -0.3 is 24.7 Å². The van der Waals surface area contributed by atoms with Gasteiger partial charge in [-0.05, 0) is 78.9 Å². The van der Waals surface area contributed by atoms with Crippen molar-refractivity contribution in [3.63, 3.8) is 0 Å². The number of aliphatic hydroxyl groups excluding tert-OH is 1. The summed E-state index contributed by atoms with van der Waals surface area (Å²) in [5, 5.41) is 32.8. The van der Waals surface area contributed by atoms with Crippen molar-refractivity contribution in [3.8, 4) is 17.9 Å². The summed E-state index contributed by atoms with van der Waals surface area (Å²) >= 11 is 1.48. The Balaban J connectivity index is 1.08. The Labute approximate surface area is 373 Å². The second kappa shape index (κ2) is 19.8. The second-order valence-electron chi connectivity index (χ2n) is 16.7. The lowest BCUT2D eigenvalue weighted by molar-refractivity contribution is -0.146. The first-order valence-corrected chi connectivity index (χ1v) is 24.6. The van der Waals surface area contributed by atoms with Crippen molar-refractivity contribution < 1.29 is 41.9 Å². The van der Waals surface area contributed by atoms with E-state index in [-0.39, 0.29) is 74.5 Å². The van der Waals surface area contributed by atoms with Crippen LogP contribution in [0.1, 0.15) is 91.1 Å². The summed E-state index contributed by atoms with van der Waals surface area (Å²) in [6.07, 6.45) is 4.12. The molecule has 3 aromatic carbocycles. The molecule has 0 bridgehead atoms. The predicted molar refractivity (Wildman–Crippen MR) is 240 cm³/mol. The van der Waals surface area contributed by atoms with Crippen LogP contribution in [0.4, 0.5) is 8.78 Å². The summed E-state index contributed by atoms with van der Waals surface area (Å²) in [4.78, 5) is 45.9. The van der Waals surface area contributed by atoms with Gasteiger partial charge in [-0.25, -0.2) is 4.57 Å². The van der Waals surface area contributed by atoms with E-state index in [2.05, 4.69) is 11.4 Å². The second-order valence-corrected chi connectivity index (χ2v) is 21.0. The first-order chi connectivity index (χ1) is 30.2. The Kier molecular flexibility index (Phi) is 14.5. The molecular weight excluding hydrogens is 868 g/mol. The lowest BCUT2D eigenvalue weighted by Gasteiger charge is -2.36. The summed E-state index contributed by atoms with van der Waals surface area (Å²) in [5.41, 5.74) is -3.80. The number of hydrogen-bond donors (Lipinski definition) is 3. The van der Waals surface area contributed by atoms with E-state index in [1.54, 1.807) is 9.80 Å². The third kappa shape index (κ3) is 10.2. The molecule has 3 aliphatic rings.